The summed E-state index contributed by atoms with van der Waals surface area (Å²) in [6.45, 7) is 4.12. The Morgan fingerprint density at radius 2 is 2.23 bits per heavy atom. The van der Waals surface area contributed by atoms with Crippen molar-refractivity contribution >= 4 is 5.78 Å². The van der Waals surface area contributed by atoms with Crippen molar-refractivity contribution in [3.63, 3.8) is 0 Å². The zero-order chi connectivity index (χ0) is 9.47. The predicted molar refractivity (Wildman–Crippen MR) is 53.4 cm³/mol. The summed E-state index contributed by atoms with van der Waals surface area (Å²) in [6.07, 6.45) is 9.48. The van der Waals surface area contributed by atoms with E-state index >= 15 is 0 Å². The lowest BCUT2D eigenvalue weighted by atomic mass is 9.67. The van der Waals surface area contributed by atoms with Crippen molar-refractivity contribution in [3.8, 4) is 0 Å². The maximum atomic E-state index is 12.0. The minimum Gasteiger partial charge on any atom is -0.294 e. The van der Waals surface area contributed by atoms with Crippen LogP contribution in [0, 0.1) is 11.3 Å². The van der Waals surface area contributed by atoms with Gasteiger partial charge in [0.25, 0.3) is 0 Å². The molecule has 0 heterocycles. The molecule has 70 valence electrons. The molecule has 2 aliphatic rings. The van der Waals surface area contributed by atoms with Gasteiger partial charge in [0, 0.05) is 5.41 Å². The Morgan fingerprint density at radius 1 is 1.46 bits per heavy atom. The van der Waals surface area contributed by atoms with Crippen LogP contribution in [-0.4, -0.2) is 5.78 Å². The highest BCUT2D eigenvalue weighted by atomic mass is 16.1. The number of hydrogen-bond donors (Lipinski definition) is 0. The van der Waals surface area contributed by atoms with Crippen molar-refractivity contribution in [2.75, 3.05) is 0 Å². The number of carbonyl (C=O) groups excluding carboxylic acids is 1. The van der Waals surface area contributed by atoms with Crippen molar-refractivity contribution in [2.24, 2.45) is 11.3 Å². The number of carbonyl (C=O) groups is 1. The van der Waals surface area contributed by atoms with E-state index in [0.29, 0.717) is 11.7 Å². The summed E-state index contributed by atoms with van der Waals surface area (Å²) in [4.78, 5) is 12.0. The first kappa shape index (κ1) is 8.74. The first-order valence-electron chi connectivity index (χ1n) is 5.03. The summed E-state index contributed by atoms with van der Waals surface area (Å²) >= 11 is 0. The van der Waals surface area contributed by atoms with E-state index in [1.165, 1.54) is 6.42 Å². The Bertz CT molecular complexity index is 294. The second-order valence-electron chi connectivity index (χ2n) is 4.73. The topological polar surface area (TPSA) is 17.1 Å². The fourth-order valence-electron chi connectivity index (χ4n) is 2.25. The Morgan fingerprint density at radius 3 is 3.00 bits per heavy atom. The number of fused-ring (bicyclic) bond motifs is 1. The maximum Gasteiger partial charge on any atom is 0.164 e. The molecule has 0 saturated heterocycles. The van der Waals surface area contributed by atoms with Gasteiger partial charge in [0.2, 0.25) is 0 Å². The Kier molecular flexibility index (Phi) is 1.90. The summed E-state index contributed by atoms with van der Waals surface area (Å²) in [5, 5.41) is 0. The molecule has 2 aliphatic carbocycles. The van der Waals surface area contributed by atoms with Crippen molar-refractivity contribution in [2.45, 2.75) is 33.1 Å². The van der Waals surface area contributed by atoms with Gasteiger partial charge in [-0.3, -0.25) is 4.79 Å². The minimum absolute atomic E-state index is 0.118. The van der Waals surface area contributed by atoms with E-state index in [4.69, 9.17) is 0 Å². The fraction of sp³-hybridized carbons (Fsp3) is 0.583. The summed E-state index contributed by atoms with van der Waals surface area (Å²) in [5.41, 5.74) is 0.951. The molecule has 1 saturated carbocycles. The molecule has 0 radical (unpaired) electrons. The van der Waals surface area contributed by atoms with Gasteiger partial charge in [-0.05, 0) is 30.8 Å². The van der Waals surface area contributed by atoms with Crippen LogP contribution in [0.4, 0.5) is 0 Å². The molecule has 0 N–H and O–H groups in total. The van der Waals surface area contributed by atoms with Crippen molar-refractivity contribution in [3.05, 3.63) is 23.8 Å². The fourth-order valence-corrected chi connectivity index (χ4v) is 2.25. The van der Waals surface area contributed by atoms with Gasteiger partial charge in [0.05, 0.1) is 0 Å². The van der Waals surface area contributed by atoms with Gasteiger partial charge >= 0.3 is 0 Å². The highest BCUT2D eigenvalue weighted by Gasteiger charge is 2.38. The molecule has 1 fully saturated rings. The quantitative estimate of drug-likeness (QED) is 0.554. The lowest BCUT2D eigenvalue weighted by molar-refractivity contribution is -0.125. The van der Waals surface area contributed by atoms with Gasteiger partial charge in [-0.15, -0.1) is 0 Å². The molecule has 0 aromatic carbocycles. The summed E-state index contributed by atoms with van der Waals surface area (Å²) in [6, 6.07) is 0. The van der Waals surface area contributed by atoms with E-state index < -0.39 is 0 Å². The lowest BCUT2D eigenvalue weighted by Crippen LogP contribution is -2.34. The molecule has 0 aromatic heterocycles. The van der Waals surface area contributed by atoms with Crippen LogP contribution < -0.4 is 0 Å². The molecule has 0 bridgehead atoms. The number of hydrogen-bond acceptors (Lipinski definition) is 1. The standard InChI is InChI=1S/C12H16O/c1-12(2)8-7-9-5-3-4-6-10(9)11(12)13/h3-4,6,9H,5,7-8H2,1-2H3. The van der Waals surface area contributed by atoms with Crippen LogP contribution in [-0.2, 0) is 4.79 Å². The number of Topliss-reactive ketones (excluding diaryl/α,β-unsaturated/α-hetero) is 1. The van der Waals surface area contributed by atoms with Crippen molar-refractivity contribution in [1.82, 2.24) is 0 Å². The van der Waals surface area contributed by atoms with E-state index in [9.17, 15) is 4.79 Å². The molecule has 0 amide bonds. The Balaban J connectivity index is 2.33. The number of rotatable bonds is 0. The molecule has 2 rings (SSSR count). The highest BCUT2D eigenvalue weighted by molar-refractivity contribution is 6.01. The molecule has 1 atom stereocenters. The zero-order valence-electron chi connectivity index (χ0n) is 8.34. The molecule has 1 heteroatoms. The smallest absolute Gasteiger partial charge is 0.164 e. The van der Waals surface area contributed by atoms with Gasteiger partial charge in [0.1, 0.15) is 0 Å². The van der Waals surface area contributed by atoms with Crippen LogP contribution in [0.25, 0.3) is 0 Å². The molecule has 0 spiro atoms. The lowest BCUT2D eigenvalue weighted by Gasteiger charge is -2.35. The first-order valence-corrected chi connectivity index (χ1v) is 5.03. The normalized spacial score (nSPS) is 31.1. The molecular weight excluding hydrogens is 160 g/mol. The summed E-state index contributed by atoms with van der Waals surface area (Å²) < 4.78 is 0. The third-order valence-corrected chi connectivity index (χ3v) is 3.27. The summed E-state index contributed by atoms with van der Waals surface area (Å²) in [5.74, 6) is 0.888. The monoisotopic (exact) mass is 176 g/mol. The first-order chi connectivity index (χ1) is 6.11. The molecular formula is C12H16O. The van der Waals surface area contributed by atoms with Crippen molar-refractivity contribution < 1.29 is 4.79 Å². The Labute approximate surface area is 79.5 Å². The molecule has 13 heavy (non-hydrogen) atoms. The van der Waals surface area contributed by atoms with Crippen LogP contribution in [0.5, 0.6) is 0 Å². The number of allylic oxidation sites excluding steroid dienone is 4. The average Bonchev–Trinajstić information content (AvgIpc) is 2.13. The van der Waals surface area contributed by atoms with Crippen LogP contribution in [0.15, 0.2) is 23.8 Å². The SMILES string of the molecule is CC1(C)CCC2CC=CC=C2C1=O. The second kappa shape index (κ2) is 2.83. The third-order valence-electron chi connectivity index (χ3n) is 3.27. The van der Waals surface area contributed by atoms with Gasteiger partial charge in [-0.25, -0.2) is 0 Å². The van der Waals surface area contributed by atoms with Crippen molar-refractivity contribution in [1.29, 1.82) is 0 Å². The van der Waals surface area contributed by atoms with Gasteiger partial charge in [0.15, 0.2) is 5.78 Å². The molecule has 0 aromatic rings. The Hall–Kier alpha value is -0.850. The summed E-state index contributed by atoms with van der Waals surface area (Å²) in [7, 11) is 0. The van der Waals surface area contributed by atoms with Gasteiger partial charge in [-0.1, -0.05) is 32.1 Å². The average molecular weight is 176 g/mol. The molecule has 0 aliphatic heterocycles. The van der Waals surface area contributed by atoms with Crippen LogP contribution >= 0.6 is 0 Å². The van der Waals surface area contributed by atoms with E-state index in [2.05, 4.69) is 19.9 Å². The zero-order valence-corrected chi connectivity index (χ0v) is 8.34. The third kappa shape index (κ3) is 1.37. The number of ketones is 1. The predicted octanol–water partition coefficient (Wildman–Crippen LogP) is 2.88. The maximum absolute atomic E-state index is 12.0. The minimum atomic E-state index is -0.118. The van der Waals surface area contributed by atoms with E-state index in [0.717, 1.165) is 18.4 Å². The van der Waals surface area contributed by atoms with E-state index in [1.54, 1.807) is 0 Å². The molecule has 1 nitrogen and oxygen atoms in total. The van der Waals surface area contributed by atoms with E-state index in [-0.39, 0.29) is 5.41 Å². The van der Waals surface area contributed by atoms with Crippen LogP contribution in [0.1, 0.15) is 33.1 Å². The van der Waals surface area contributed by atoms with Gasteiger partial charge in [-0.2, -0.15) is 0 Å². The van der Waals surface area contributed by atoms with E-state index in [1.807, 2.05) is 12.2 Å². The molecule has 1 unspecified atom stereocenters. The van der Waals surface area contributed by atoms with Crippen LogP contribution in [0.3, 0.4) is 0 Å². The highest BCUT2D eigenvalue weighted by Crippen LogP contribution is 2.41. The largest absolute Gasteiger partial charge is 0.294 e. The van der Waals surface area contributed by atoms with Gasteiger partial charge < -0.3 is 0 Å². The second-order valence-corrected chi connectivity index (χ2v) is 4.73. The van der Waals surface area contributed by atoms with Crippen LogP contribution in [0.2, 0.25) is 0 Å².